The van der Waals surface area contributed by atoms with Crippen molar-refractivity contribution >= 4 is 5.97 Å². The molecule has 1 aliphatic rings. The highest BCUT2D eigenvalue weighted by Gasteiger charge is 2.29. The molecule has 1 atom stereocenters. The fourth-order valence-electron chi connectivity index (χ4n) is 1.68. The molecule has 5 heteroatoms. The summed E-state index contributed by atoms with van der Waals surface area (Å²) in [5.41, 5.74) is 0.612. The average Bonchev–Trinajstić information content (AvgIpc) is 2.61. The molecule has 1 heterocycles. The summed E-state index contributed by atoms with van der Waals surface area (Å²) in [6, 6.07) is 2.47. The molecule has 0 aliphatic carbocycles. The van der Waals surface area contributed by atoms with Crippen LogP contribution in [-0.4, -0.2) is 24.0 Å². The molecule has 86 valence electrons. The number of esters is 1. The van der Waals surface area contributed by atoms with Crippen molar-refractivity contribution in [3.05, 3.63) is 29.1 Å². The van der Waals surface area contributed by atoms with E-state index in [0.29, 0.717) is 5.56 Å². The molecule has 0 fully saturated rings. The van der Waals surface area contributed by atoms with Crippen LogP contribution in [0.5, 0.6) is 5.75 Å². The van der Waals surface area contributed by atoms with Crippen molar-refractivity contribution in [3.63, 3.8) is 0 Å². The van der Waals surface area contributed by atoms with Crippen LogP contribution >= 0.6 is 0 Å². The second kappa shape index (κ2) is 4.09. The molecule has 1 aromatic carbocycles. The van der Waals surface area contributed by atoms with Crippen molar-refractivity contribution in [3.8, 4) is 5.75 Å². The Morgan fingerprint density at radius 2 is 2.44 bits per heavy atom. The van der Waals surface area contributed by atoms with Crippen LogP contribution in [0.4, 0.5) is 4.39 Å². The van der Waals surface area contributed by atoms with Gasteiger partial charge < -0.3 is 14.6 Å². The molecule has 0 unspecified atom stereocenters. The second-order valence-corrected chi connectivity index (χ2v) is 3.40. The number of carbonyl (C=O) groups excluding carboxylic acids is 1. The summed E-state index contributed by atoms with van der Waals surface area (Å²) in [7, 11) is 0. The fourth-order valence-corrected chi connectivity index (χ4v) is 1.68. The molecule has 0 radical (unpaired) electrons. The topological polar surface area (TPSA) is 55.8 Å². The van der Waals surface area contributed by atoms with Crippen LogP contribution < -0.4 is 4.74 Å². The minimum atomic E-state index is -1.10. The molecule has 1 aliphatic heterocycles. The maximum atomic E-state index is 13.3. The van der Waals surface area contributed by atoms with Crippen molar-refractivity contribution in [2.75, 3.05) is 6.61 Å². The van der Waals surface area contributed by atoms with E-state index in [1.807, 2.05) is 0 Å². The first-order valence-electron chi connectivity index (χ1n) is 4.96. The number of benzene rings is 1. The molecule has 0 aromatic heterocycles. The number of hydrogen-bond acceptors (Lipinski definition) is 4. The molecule has 1 N–H and O–H groups in total. The minimum Gasteiger partial charge on any atom is -0.462 e. The van der Waals surface area contributed by atoms with E-state index in [2.05, 4.69) is 0 Å². The summed E-state index contributed by atoms with van der Waals surface area (Å²) in [5, 5.41) is 9.27. The van der Waals surface area contributed by atoms with Crippen molar-refractivity contribution in [2.24, 2.45) is 0 Å². The van der Waals surface area contributed by atoms with Crippen LogP contribution in [-0.2, 0) is 11.2 Å². The maximum absolute atomic E-state index is 13.3. The molecular weight excluding hydrogens is 215 g/mol. The predicted molar refractivity (Wildman–Crippen MR) is 52.7 cm³/mol. The molecule has 0 bridgehead atoms. The molecule has 0 saturated carbocycles. The van der Waals surface area contributed by atoms with Gasteiger partial charge in [-0.1, -0.05) is 0 Å². The zero-order chi connectivity index (χ0) is 11.7. The van der Waals surface area contributed by atoms with Gasteiger partial charge in [-0.2, -0.15) is 0 Å². The molecule has 1 aromatic rings. The quantitative estimate of drug-likeness (QED) is 0.771. The van der Waals surface area contributed by atoms with Crippen LogP contribution in [0.15, 0.2) is 12.1 Å². The predicted octanol–water partition coefficient (Wildman–Crippen LogP) is 1.26. The number of ether oxygens (including phenoxy) is 2. The van der Waals surface area contributed by atoms with E-state index in [0.717, 1.165) is 6.07 Å². The highest BCUT2D eigenvalue weighted by atomic mass is 19.1. The van der Waals surface area contributed by atoms with Gasteiger partial charge in [-0.15, -0.1) is 0 Å². The highest BCUT2D eigenvalue weighted by molar-refractivity contribution is 5.92. The Kier molecular flexibility index (Phi) is 2.78. The van der Waals surface area contributed by atoms with Gasteiger partial charge in [-0.25, -0.2) is 9.18 Å². The van der Waals surface area contributed by atoms with E-state index >= 15 is 0 Å². The lowest BCUT2D eigenvalue weighted by Gasteiger charge is -2.06. The SMILES string of the molecule is CCOC(=O)c1ccc(F)c2c1C[C@H](O)O2. The first-order chi connectivity index (χ1) is 7.63. The third-order valence-corrected chi connectivity index (χ3v) is 2.34. The Morgan fingerprint density at radius 1 is 1.69 bits per heavy atom. The smallest absolute Gasteiger partial charge is 0.338 e. The third kappa shape index (κ3) is 1.74. The Balaban J connectivity index is 2.42. The standard InChI is InChI=1S/C11H11FO4/c1-2-15-11(14)6-3-4-8(12)10-7(6)5-9(13)16-10/h3-4,9,13H,2,5H2,1H3/t9-/m1/s1. The zero-order valence-electron chi connectivity index (χ0n) is 8.70. The second-order valence-electron chi connectivity index (χ2n) is 3.40. The molecule has 16 heavy (non-hydrogen) atoms. The number of aliphatic hydroxyl groups is 1. The first-order valence-corrected chi connectivity index (χ1v) is 4.96. The van der Waals surface area contributed by atoms with Gasteiger partial charge >= 0.3 is 5.97 Å². The number of fused-ring (bicyclic) bond motifs is 1. The summed E-state index contributed by atoms with van der Waals surface area (Å²) >= 11 is 0. The van der Waals surface area contributed by atoms with Crippen molar-refractivity contribution in [2.45, 2.75) is 19.6 Å². The monoisotopic (exact) mass is 226 g/mol. The molecular formula is C11H11FO4. The van der Waals surface area contributed by atoms with E-state index in [9.17, 15) is 14.3 Å². The fraction of sp³-hybridized carbons (Fsp3) is 0.364. The first kappa shape index (κ1) is 10.9. The van der Waals surface area contributed by atoms with Crippen molar-refractivity contribution < 1.29 is 23.8 Å². The van der Waals surface area contributed by atoms with Crippen LogP contribution in [0.3, 0.4) is 0 Å². The molecule has 0 amide bonds. The molecule has 4 nitrogen and oxygen atoms in total. The number of aliphatic hydroxyl groups excluding tert-OH is 1. The van der Waals surface area contributed by atoms with Crippen molar-refractivity contribution in [1.29, 1.82) is 0 Å². The van der Waals surface area contributed by atoms with Crippen LogP contribution in [0.25, 0.3) is 0 Å². The number of carbonyl (C=O) groups is 1. The summed E-state index contributed by atoms with van der Waals surface area (Å²) in [6.07, 6.45) is -0.999. The summed E-state index contributed by atoms with van der Waals surface area (Å²) < 4.78 is 23.0. The zero-order valence-corrected chi connectivity index (χ0v) is 8.70. The number of rotatable bonds is 2. The lowest BCUT2D eigenvalue weighted by atomic mass is 10.0. The van der Waals surface area contributed by atoms with Gasteiger partial charge in [0.1, 0.15) is 0 Å². The largest absolute Gasteiger partial charge is 0.462 e. The van der Waals surface area contributed by atoms with E-state index in [4.69, 9.17) is 9.47 Å². The van der Waals surface area contributed by atoms with Gasteiger partial charge in [-0.3, -0.25) is 0 Å². The lowest BCUT2D eigenvalue weighted by Crippen LogP contribution is -2.11. The molecule has 0 spiro atoms. The van der Waals surface area contributed by atoms with E-state index in [1.165, 1.54) is 6.07 Å². The molecule has 0 saturated heterocycles. The van der Waals surface area contributed by atoms with E-state index < -0.39 is 18.1 Å². The summed E-state index contributed by atoms with van der Waals surface area (Å²) in [5.74, 6) is -1.17. The normalized spacial score (nSPS) is 17.8. The van der Waals surface area contributed by atoms with E-state index in [-0.39, 0.29) is 24.3 Å². The van der Waals surface area contributed by atoms with Crippen molar-refractivity contribution in [1.82, 2.24) is 0 Å². The third-order valence-electron chi connectivity index (χ3n) is 2.34. The van der Waals surface area contributed by atoms with Crippen LogP contribution in [0.1, 0.15) is 22.8 Å². The van der Waals surface area contributed by atoms with Gasteiger partial charge in [0.25, 0.3) is 0 Å². The van der Waals surface area contributed by atoms with Crippen LogP contribution in [0, 0.1) is 5.82 Å². The Hall–Kier alpha value is -1.62. The van der Waals surface area contributed by atoms with Gasteiger partial charge in [0.15, 0.2) is 11.6 Å². The Morgan fingerprint density at radius 3 is 3.12 bits per heavy atom. The highest BCUT2D eigenvalue weighted by Crippen LogP contribution is 2.33. The maximum Gasteiger partial charge on any atom is 0.338 e. The lowest BCUT2D eigenvalue weighted by molar-refractivity contribution is -0.0000202. The number of halogens is 1. The van der Waals surface area contributed by atoms with Crippen LogP contribution in [0.2, 0.25) is 0 Å². The Bertz CT molecular complexity index is 430. The van der Waals surface area contributed by atoms with Gasteiger partial charge in [-0.05, 0) is 19.1 Å². The Labute approximate surface area is 91.6 Å². The van der Waals surface area contributed by atoms with Gasteiger partial charge in [0.2, 0.25) is 6.29 Å². The van der Waals surface area contributed by atoms with Gasteiger partial charge in [0, 0.05) is 12.0 Å². The summed E-state index contributed by atoms with van der Waals surface area (Å²) in [4.78, 5) is 11.5. The van der Waals surface area contributed by atoms with Gasteiger partial charge in [0.05, 0.1) is 12.2 Å². The average molecular weight is 226 g/mol. The minimum absolute atomic E-state index is 0.0574. The van der Waals surface area contributed by atoms with E-state index in [1.54, 1.807) is 6.92 Å². The number of hydrogen-bond donors (Lipinski definition) is 1. The summed E-state index contributed by atoms with van der Waals surface area (Å²) in [6.45, 7) is 1.93. The molecule has 2 rings (SSSR count).